The fourth-order valence-electron chi connectivity index (χ4n) is 6.97. The van der Waals surface area contributed by atoms with E-state index in [1.807, 2.05) is 12.1 Å². The first-order valence-electron chi connectivity index (χ1n) is 14.0. The first kappa shape index (κ1) is 22.8. The fraction of sp³-hybridized carbons (Fsp3) is 0.0556. The van der Waals surface area contributed by atoms with Crippen LogP contribution in [0, 0.1) is 0 Å². The highest BCUT2D eigenvalue weighted by molar-refractivity contribution is 7.04. The maximum Gasteiger partial charge on any atom is 0.162 e. The number of para-hydroxylation sites is 2. The van der Waals surface area contributed by atoms with Crippen LogP contribution in [0.15, 0.2) is 120 Å². The van der Waals surface area contributed by atoms with Gasteiger partial charge < -0.3 is 4.42 Å². The molecule has 0 spiro atoms. The van der Waals surface area contributed by atoms with Gasteiger partial charge in [-0.25, -0.2) is 9.97 Å². The number of furan rings is 1. The molecule has 0 N–H and O–H groups in total. The van der Waals surface area contributed by atoms with Crippen LogP contribution in [-0.2, 0) is 0 Å². The molecule has 9 rings (SSSR count). The minimum absolute atomic E-state index is 0.752. The van der Waals surface area contributed by atoms with E-state index in [-0.39, 0.29) is 0 Å². The Morgan fingerprint density at radius 1 is 0.610 bits per heavy atom. The van der Waals surface area contributed by atoms with Crippen LogP contribution in [0.2, 0.25) is 13.1 Å². The monoisotopic (exact) mass is 543 g/mol. The van der Waals surface area contributed by atoms with Crippen molar-refractivity contribution in [3.63, 3.8) is 0 Å². The summed E-state index contributed by atoms with van der Waals surface area (Å²) < 4.78 is 8.71. The summed E-state index contributed by atoms with van der Waals surface area (Å²) in [5, 5.41) is 7.39. The van der Waals surface area contributed by atoms with Gasteiger partial charge in [-0.15, -0.1) is 0 Å². The molecule has 0 amide bonds. The number of nitrogens with zero attached hydrogens (tertiary/aromatic N) is 3. The fourth-order valence-corrected chi connectivity index (χ4v) is 10.1. The second kappa shape index (κ2) is 8.02. The van der Waals surface area contributed by atoms with E-state index >= 15 is 0 Å². The van der Waals surface area contributed by atoms with E-state index in [0.717, 1.165) is 55.9 Å². The second-order valence-corrected chi connectivity index (χ2v) is 15.7. The Kier molecular flexibility index (Phi) is 4.46. The van der Waals surface area contributed by atoms with E-state index in [2.05, 4.69) is 121 Å². The predicted molar refractivity (Wildman–Crippen MR) is 171 cm³/mol. The van der Waals surface area contributed by atoms with Crippen LogP contribution in [0.4, 0.5) is 0 Å². The third-order valence-electron chi connectivity index (χ3n) is 8.79. The molecule has 0 aliphatic carbocycles. The largest absolute Gasteiger partial charge is 0.456 e. The standard InChI is InChI=1S/C36H25N3OSi/c1-41(2)30-19-11-8-16-25(30)33-34(41)36(38-35(37-33)22-12-4-3-5-13-22)39-26-17-9-6-14-23(26)31-27(39)20-21-29-32(31)24-15-7-10-18-28(24)40-29/h3-21H,1-2H3. The van der Waals surface area contributed by atoms with Gasteiger partial charge in [0, 0.05) is 32.3 Å². The van der Waals surface area contributed by atoms with Crippen molar-refractivity contribution < 1.29 is 4.42 Å². The van der Waals surface area contributed by atoms with Gasteiger partial charge in [-0.2, -0.15) is 0 Å². The lowest BCUT2D eigenvalue weighted by Gasteiger charge is -2.22. The van der Waals surface area contributed by atoms with E-state index in [4.69, 9.17) is 14.4 Å². The Morgan fingerprint density at radius 3 is 2.22 bits per heavy atom. The van der Waals surface area contributed by atoms with Crippen LogP contribution in [-0.4, -0.2) is 22.6 Å². The van der Waals surface area contributed by atoms with Crippen LogP contribution >= 0.6 is 0 Å². The lowest BCUT2D eigenvalue weighted by atomic mass is 10.1. The summed E-state index contributed by atoms with van der Waals surface area (Å²) in [6, 6.07) is 40.5. The normalized spacial score (nSPS) is 13.8. The predicted octanol–water partition coefficient (Wildman–Crippen LogP) is 7.94. The molecular weight excluding hydrogens is 519 g/mol. The molecule has 4 heterocycles. The lowest BCUT2D eigenvalue weighted by molar-refractivity contribution is 0.669. The number of hydrogen-bond acceptors (Lipinski definition) is 3. The summed E-state index contributed by atoms with van der Waals surface area (Å²) in [5.41, 5.74) is 7.41. The topological polar surface area (TPSA) is 43.9 Å². The van der Waals surface area contributed by atoms with Crippen molar-refractivity contribution in [2.75, 3.05) is 0 Å². The Hall–Kier alpha value is -5.00. The van der Waals surface area contributed by atoms with Gasteiger partial charge in [-0.1, -0.05) is 104 Å². The molecule has 0 atom stereocenters. The van der Waals surface area contributed by atoms with Gasteiger partial charge in [0.2, 0.25) is 0 Å². The maximum absolute atomic E-state index is 6.32. The molecule has 3 aromatic heterocycles. The molecule has 5 aromatic carbocycles. The molecule has 0 saturated carbocycles. The van der Waals surface area contributed by atoms with Gasteiger partial charge in [0.15, 0.2) is 5.82 Å². The van der Waals surface area contributed by atoms with E-state index < -0.39 is 8.07 Å². The summed E-state index contributed by atoms with van der Waals surface area (Å²) in [5.74, 6) is 1.74. The van der Waals surface area contributed by atoms with Crippen LogP contribution in [0.1, 0.15) is 0 Å². The van der Waals surface area contributed by atoms with Crippen LogP contribution in [0.25, 0.3) is 72.2 Å². The van der Waals surface area contributed by atoms with Crippen molar-refractivity contribution in [3.05, 3.63) is 115 Å². The highest BCUT2D eigenvalue weighted by Gasteiger charge is 2.42. The molecule has 1 aliphatic heterocycles. The summed E-state index contributed by atoms with van der Waals surface area (Å²) >= 11 is 0. The molecule has 4 nitrogen and oxygen atoms in total. The Bertz CT molecular complexity index is 2350. The molecule has 5 heteroatoms. The SMILES string of the molecule is C[Si]1(C)c2ccccc2-c2nc(-c3ccccc3)nc(-n3c4ccccc4c4c5c(ccc43)oc3ccccc35)c21. The minimum atomic E-state index is -2.13. The van der Waals surface area contributed by atoms with E-state index in [9.17, 15) is 0 Å². The van der Waals surface area contributed by atoms with Crippen molar-refractivity contribution in [1.82, 2.24) is 14.5 Å². The Morgan fingerprint density at radius 2 is 1.34 bits per heavy atom. The van der Waals surface area contributed by atoms with Crippen LogP contribution in [0.5, 0.6) is 0 Å². The van der Waals surface area contributed by atoms with Crippen molar-refractivity contribution in [2.45, 2.75) is 13.1 Å². The van der Waals surface area contributed by atoms with Gasteiger partial charge in [0.05, 0.1) is 16.7 Å². The highest BCUT2D eigenvalue weighted by Crippen LogP contribution is 2.42. The van der Waals surface area contributed by atoms with E-state index in [1.54, 1.807) is 0 Å². The number of rotatable bonds is 2. The molecule has 0 saturated heterocycles. The average Bonchev–Trinajstić information content (AvgIpc) is 3.63. The zero-order valence-corrected chi connectivity index (χ0v) is 23.7. The smallest absolute Gasteiger partial charge is 0.162 e. The molecule has 8 aromatic rings. The molecule has 0 fully saturated rings. The molecule has 41 heavy (non-hydrogen) atoms. The summed E-state index contributed by atoms with van der Waals surface area (Å²) in [6.07, 6.45) is 0. The molecule has 1 aliphatic rings. The van der Waals surface area contributed by atoms with Gasteiger partial charge in [-0.3, -0.25) is 4.57 Å². The maximum atomic E-state index is 6.32. The summed E-state index contributed by atoms with van der Waals surface area (Å²) in [7, 11) is -2.13. The Balaban J connectivity index is 1.48. The van der Waals surface area contributed by atoms with Gasteiger partial charge in [0.1, 0.15) is 25.1 Å². The van der Waals surface area contributed by atoms with Gasteiger partial charge in [-0.05, 0) is 35.0 Å². The van der Waals surface area contributed by atoms with Crippen molar-refractivity contribution >= 4 is 62.2 Å². The Labute approximate surface area is 237 Å². The van der Waals surface area contributed by atoms with Crippen LogP contribution in [0.3, 0.4) is 0 Å². The van der Waals surface area contributed by atoms with Crippen molar-refractivity contribution in [3.8, 4) is 28.5 Å². The van der Waals surface area contributed by atoms with Crippen molar-refractivity contribution in [2.24, 2.45) is 0 Å². The zero-order valence-electron chi connectivity index (χ0n) is 22.7. The van der Waals surface area contributed by atoms with Crippen molar-refractivity contribution in [1.29, 1.82) is 0 Å². The molecule has 0 radical (unpaired) electrons. The van der Waals surface area contributed by atoms with E-state index in [1.165, 1.54) is 26.7 Å². The number of aromatic nitrogens is 3. The third kappa shape index (κ3) is 2.98. The molecule has 194 valence electrons. The number of fused-ring (bicyclic) bond motifs is 10. The first-order chi connectivity index (χ1) is 20.1. The average molecular weight is 544 g/mol. The van der Waals surface area contributed by atoms with Gasteiger partial charge >= 0.3 is 0 Å². The van der Waals surface area contributed by atoms with Gasteiger partial charge in [0.25, 0.3) is 0 Å². The molecular formula is C36H25N3OSi. The van der Waals surface area contributed by atoms with Crippen LogP contribution < -0.4 is 10.4 Å². The number of benzene rings is 5. The highest BCUT2D eigenvalue weighted by atomic mass is 28.3. The lowest BCUT2D eigenvalue weighted by Crippen LogP contribution is -2.51. The molecule has 0 bridgehead atoms. The zero-order chi connectivity index (χ0) is 27.3. The molecule has 0 unspecified atom stereocenters. The summed E-state index contributed by atoms with van der Waals surface area (Å²) in [6.45, 7) is 4.87. The second-order valence-electron chi connectivity index (χ2n) is 11.4. The third-order valence-corrected chi connectivity index (χ3v) is 12.3. The minimum Gasteiger partial charge on any atom is -0.456 e. The number of hydrogen-bond donors (Lipinski definition) is 0. The quantitative estimate of drug-likeness (QED) is 0.208. The first-order valence-corrected chi connectivity index (χ1v) is 17.0. The van der Waals surface area contributed by atoms with E-state index in [0.29, 0.717) is 0 Å². The summed E-state index contributed by atoms with van der Waals surface area (Å²) in [4.78, 5) is 10.7.